The van der Waals surface area contributed by atoms with E-state index in [0.717, 1.165) is 19.3 Å². The van der Waals surface area contributed by atoms with Crippen LogP contribution in [0.2, 0.25) is 6.04 Å². The highest BCUT2D eigenvalue weighted by Gasteiger charge is 2.35. The molecule has 0 heterocycles. The van der Waals surface area contributed by atoms with Gasteiger partial charge in [0.1, 0.15) is 0 Å². The Morgan fingerprint density at radius 2 is 1.29 bits per heavy atom. The molecule has 0 aromatic carbocycles. The molecule has 0 rings (SSSR count). The Hall–Kier alpha value is -0.123. The monoisotopic (exact) mass is 258 g/mol. The van der Waals surface area contributed by atoms with E-state index in [9.17, 15) is 0 Å². The molecule has 0 atom stereocenters. The van der Waals surface area contributed by atoms with E-state index in [2.05, 4.69) is 48.1 Å². The molecule has 0 saturated heterocycles. The summed E-state index contributed by atoms with van der Waals surface area (Å²) >= 11 is 0. The number of hydrogen-bond acceptors (Lipinski definition) is 2. The van der Waals surface area contributed by atoms with Crippen molar-refractivity contribution in [3.8, 4) is 0 Å². The van der Waals surface area contributed by atoms with Crippen LogP contribution in [-0.2, 0) is 8.85 Å². The van der Waals surface area contributed by atoms with Gasteiger partial charge in [0, 0.05) is 13.2 Å². The highest BCUT2D eigenvalue weighted by atomic mass is 28.4. The van der Waals surface area contributed by atoms with Gasteiger partial charge in [-0.2, -0.15) is 0 Å². The molecule has 0 saturated carbocycles. The van der Waals surface area contributed by atoms with E-state index in [0.29, 0.717) is 17.8 Å². The molecule has 17 heavy (non-hydrogen) atoms. The maximum atomic E-state index is 6.10. The summed E-state index contributed by atoms with van der Waals surface area (Å²) in [6.07, 6.45) is 0. The maximum Gasteiger partial charge on any atom is 0.364 e. The summed E-state index contributed by atoms with van der Waals surface area (Å²) in [7, 11) is -2.19. The smallest absolute Gasteiger partial charge is 0.364 e. The van der Waals surface area contributed by atoms with Crippen LogP contribution in [0.5, 0.6) is 0 Å². The summed E-state index contributed by atoms with van der Waals surface area (Å²) < 4.78 is 12.2. The summed E-state index contributed by atoms with van der Waals surface area (Å²) in [6.45, 7) is 18.6. The van der Waals surface area contributed by atoms with Crippen LogP contribution in [-0.4, -0.2) is 21.8 Å². The summed E-state index contributed by atoms with van der Waals surface area (Å²) in [5.41, 5.74) is 1.96. The fourth-order valence-corrected chi connectivity index (χ4v) is 4.64. The van der Waals surface area contributed by atoms with E-state index in [1.165, 1.54) is 0 Å². The first-order valence-corrected chi connectivity index (χ1v) is 8.83. The van der Waals surface area contributed by atoms with Crippen LogP contribution in [0.25, 0.3) is 0 Å². The van der Waals surface area contributed by atoms with Gasteiger partial charge in [-0.05, 0) is 29.5 Å². The van der Waals surface area contributed by atoms with Crippen LogP contribution >= 0.6 is 0 Å². The fraction of sp³-hybridized carbons (Fsp3) is 0.857. The third kappa shape index (κ3) is 7.74. The first-order valence-electron chi connectivity index (χ1n) is 6.72. The molecule has 0 radical (unpaired) electrons. The first kappa shape index (κ1) is 16.9. The van der Waals surface area contributed by atoms with E-state index >= 15 is 0 Å². The van der Waals surface area contributed by atoms with E-state index in [1.807, 2.05) is 5.70 Å². The molecule has 3 heteroatoms. The van der Waals surface area contributed by atoms with Crippen molar-refractivity contribution < 1.29 is 8.85 Å². The minimum absolute atomic E-state index is 0.539. The van der Waals surface area contributed by atoms with Crippen LogP contribution in [0.15, 0.2) is 12.3 Å². The molecule has 0 aromatic rings. The number of hydrogen-bond donors (Lipinski definition) is 0. The lowest BCUT2D eigenvalue weighted by Gasteiger charge is -2.30. The molecule has 0 aliphatic carbocycles. The summed E-state index contributed by atoms with van der Waals surface area (Å²) in [5, 5.41) is 0. The topological polar surface area (TPSA) is 18.5 Å². The Morgan fingerprint density at radius 1 is 0.882 bits per heavy atom. The normalized spacial score (nSPS) is 12.8. The van der Waals surface area contributed by atoms with Crippen molar-refractivity contribution in [2.75, 3.05) is 13.2 Å². The molecule has 0 amide bonds. The molecular formula is C14H30O2Si. The molecule has 0 aromatic heterocycles. The second-order valence-corrected chi connectivity index (χ2v) is 9.04. The van der Waals surface area contributed by atoms with Gasteiger partial charge in [0.05, 0.1) is 0 Å². The quantitative estimate of drug-likeness (QED) is 0.578. The lowest BCUT2D eigenvalue weighted by molar-refractivity contribution is 0.144. The minimum Gasteiger partial charge on any atom is -0.391 e. The van der Waals surface area contributed by atoms with Crippen LogP contribution in [0, 0.1) is 17.8 Å². The Kier molecular flexibility index (Phi) is 8.00. The summed E-state index contributed by atoms with van der Waals surface area (Å²) in [6, 6.07) is 0.996. The van der Waals surface area contributed by atoms with Crippen molar-refractivity contribution in [2.45, 2.75) is 47.6 Å². The molecule has 0 fully saturated rings. The summed E-state index contributed by atoms with van der Waals surface area (Å²) in [4.78, 5) is 0. The Morgan fingerprint density at radius 3 is 1.53 bits per heavy atom. The van der Waals surface area contributed by atoms with Gasteiger partial charge >= 0.3 is 8.56 Å². The molecule has 0 aliphatic heterocycles. The van der Waals surface area contributed by atoms with Crippen LogP contribution in [0.1, 0.15) is 41.5 Å². The predicted molar refractivity (Wildman–Crippen MR) is 77.2 cm³/mol. The van der Waals surface area contributed by atoms with Gasteiger partial charge in [-0.15, -0.1) is 6.58 Å². The Labute approximate surface area is 109 Å². The summed E-state index contributed by atoms with van der Waals surface area (Å²) in [5.74, 6) is 1.66. The van der Waals surface area contributed by atoms with E-state index < -0.39 is 8.56 Å². The molecule has 0 spiro atoms. The van der Waals surface area contributed by atoms with Gasteiger partial charge < -0.3 is 8.85 Å². The average Bonchev–Trinajstić information content (AvgIpc) is 2.21. The zero-order chi connectivity index (χ0) is 13.5. The predicted octanol–water partition coefficient (Wildman–Crippen LogP) is 4.16. The molecular weight excluding hydrogens is 228 g/mol. The van der Waals surface area contributed by atoms with Crippen molar-refractivity contribution in [1.29, 1.82) is 0 Å². The van der Waals surface area contributed by atoms with Crippen molar-refractivity contribution in [3.05, 3.63) is 12.3 Å². The maximum absolute atomic E-state index is 6.10. The van der Waals surface area contributed by atoms with Gasteiger partial charge in [-0.1, -0.05) is 41.5 Å². The van der Waals surface area contributed by atoms with Crippen molar-refractivity contribution >= 4 is 8.56 Å². The van der Waals surface area contributed by atoms with E-state index in [-0.39, 0.29) is 0 Å². The SMILES string of the molecule is C=C[Si](CC(C)C)(OCC(C)C)OCC(C)C. The second kappa shape index (κ2) is 8.06. The van der Waals surface area contributed by atoms with Crippen molar-refractivity contribution in [2.24, 2.45) is 17.8 Å². The van der Waals surface area contributed by atoms with Crippen LogP contribution in [0.3, 0.4) is 0 Å². The fourth-order valence-electron chi connectivity index (χ4n) is 1.55. The van der Waals surface area contributed by atoms with E-state index in [4.69, 9.17) is 8.85 Å². The molecule has 0 N–H and O–H groups in total. The third-order valence-electron chi connectivity index (χ3n) is 2.33. The highest BCUT2D eigenvalue weighted by molar-refractivity contribution is 6.72. The molecule has 2 nitrogen and oxygen atoms in total. The largest absolute Gasteiger partial charge is 0.391 e. The van der Waals surface area contributed by atoms with Gasteiger partial charge in [0.25, 0.3) is 0 Å². The molecule has 0 aliphatic rings. The lowest BCUT2D eigenvalue weighted by atomic mass is 10.2. The second-order valence-electron chi connectivity index (χ2n) is 6.02. The van der Waals surface area contributed by atoms with E-state index in [1.54, 1.807) is 0 Å². The third-order valence-corrected chi connectivity index (χ3v) is 5.64. The van der Waals surface area contributed by atoms with Crippen molar-refractivity contribution in [1.82, 2.24) is 0 Å². The van der Waals surface area contributed by atoms with Crippen LogP contribution < -0.4 is 0 Å². The molecule has 0 bridgehead atoms. The Bertz CT molecular complexity index is 200. The van der Waals surface area contributed by atoms with Crippen molar-refractivity contribution in [3.63, 3.8) is 0 Å². The minimum atomic E-state index is -2.19. The highest BCUT2D eigenvalue weighted by Crippen LogP contribution is 2.22. The molecule has 102 valence electrons. The zero-order valence-corrected chi connectivity index (χ0v) is 13.5. The lowest BCUT2D eigenvalue weighted by Crippen LogP contribution is -2.43. The first-order chi connectivity index (χ1) is 7.81. The average molecular weight is 258 g/mol. The molecule has 0 unspecified atom stereocenters. The Balaban J connectivity index is 4.55. The van der Waals surface area contributed by atoms with Gasteiger partial charge in [-0.25, -0.2) is 0 Å². The zero-order valence-electron chi connectivity index (χ0n) is 12.5. The standard InChI is InChI=1S/C14H30O2Si/c1-8-17(11-14(6)7,15-9-12(2)3)16-10-13(4)5/h8,12-14H,1,9-11H2,2-7H3. The number of rotatable bonds is 9. The van der Waals surface area contributed by atoms with Gasteiger partial charge in [0.15, 0.2) is 0 Å². The van der Waals surface area contributed by atoms with Gasteiger partial charge in [0.2, 0.25) is 0 Å². The van der Waals surface area contributed by atoms with Crippen LogP contribution in [0.4, 0.5) is 0 Å². The van der Waals surface area contributed by atoms with Gasteiger partial charge in [-0.3, -0.25) is 0 Å².